The molecule has 3 rings (SSSR count). The zero-order valence-corrected chi connectivity index (χ0v) is 17.9. The minimum atomic E-state index is -4.20. The van der Waals surface area contributed by atoms with Gasteiger partial charge < -0.3 is 10.6 Å². The number of carbonyl (C=O) groups excluding carboxylic acids is 2. The maximum Gasteiger partial charge on any atom is 0.246 e. The molecule has 0 spiro atoms. The van der Waals surface area contributed by atoms with Crippen molar-refractivity contribution in [3.63, 3.8) is 0 Å². The zero-order chi connectivity index (χ0) is 22.8. The van der Waals surface area contributed by atoms with Crippen LogP contribution >= 0.6 is 0 Å². The van der Waals surface area contributed by atoms with E-state index in [4.69, 9.17) is 0 Å². The van der Waals surface area contributed by atoms with Crippen LogP contribution in [0.1, 0.15) is 25.3 Å². The van der Waals surface area contributed by atoms with Gasteiger partial charge in [0.2, 0.25) is 21.8 Å². The normalized spacial score (nSPS) is 15.5. The number of halogens is 2. The first-order chi connectivity index (χ1) is 14.6. The molecule has 2 aromatic carbocycles. The SMILES string of the molecule is CC(=O)Nc1ccc(C)c(NC(=O)C2CCN(S(=O)(=O)c3cc(F)ccc3F)CC2)c1. The van der Waals surface area contributed by atoms with Crippen LogP contribution in [0.5, 0.6) is 0 Å². The van der Waals surface area contributed by atoms with E-state index >= 15 is 0 Å². The minimum absolute atomic E-state index is 0.0152. The Hall–Kier alpha value is -2.85. The van der Waals surface area contributed by atoms with Crippen LogP contribution in [0.25, 0.3) is 0 Å². The van der Waals surface area contributed by atoms with Gasteiger partial charge in [0, 0.05) is 37.3 Å². The average Bonchev–Trinajstić information content (AvgIpc) is 2.72. The predicted molar refractivity (Wildman–Crippen MR) is 112 cm³/mol. The summed E-state index contributed by atoms with van der Waals surface area (Å²) in [7, 11) is -4.20. The van der Waals surface area contributed by atoms with Crippen LogP contribution in [0.15, 0.2) is 41.3 Å². The van der Waals surface area contributed by atoms with E-state index in [1.54, 1.807) is 18.2 Å². The topological polar surface area (TPSA) is 95.6 Å². The van der Waals surface area contributed by atoms with Crippen LogP contribution in [0.2, 0.25) is 0 Å². The van der Waals surface area contributed by atoms with Gasteiger partial charge in [0.1, 0.15) is 16.5 Å². The number of nitrogens with one attached hydrogen (secondary N) is 2. The number of hydrogen-bond acceptors (Lipinski definition) is 4. The van der Waals surface area contributed by atoms with E-state index in [0.29, 0.717) is 17.4 Å². The second kappa shape index (κ2) is 9.11. The summed E-state index contributed by atoms with van der Waals surface area (Å²) in [6.45, 7) is 3.23. The third-order valence-electron chi connectivity index (χ3n) is 5.15. The number of rotatable bonds is 5. The quantitative estimate of drug-likeness (QED) is 0.729. The maximum atomic E-state index is 14.0. The molecule has 31 heavy (non-hydrogen) atoms. The molecule has 166 valence electrons. The molecule has 1 aliphatic heterocycles. The highest BCUT2D eigenvalue weighted by Crippen LogP contribution is 2.28. The molecule has 0 unspecified atom stereocenters. The van der Waals surface area contributed by atoms with Gasteiger partial charge in [-0.1, -0.05) is 6.07 Å². The Balaban J connectivity index is 1.66. The van der Waals surface area contributed by atoms with Crippen LogP contribution in [0, 0.1) is 24.5 Å². The van der Waals surface area contributed by atoms with Crippen molar-refractivity contribution in [2.75, 3.05) is 23.7 Å². The molecule has 1 heterocycles. The van der Waals surface area contributed by atoms with Crippen molar-refractivity contribution in [1.82, 2.24) is 4.31 Å². The fraction of sp³-hybridized carbons (Fsp3) is 0.333. The molecule has 2 amide bonds. The fourth-order valence-corrected chi connectivity index (χ4v) is 4.99. The maximum absolute atomic E-state index is 14.0. The van der Waals surface area contributed by atoms with Gasteiger partial charge in [-0.2, -0.15) is 4.31 Å². The molecule has 0 radical (unpaired) electrons. The third kappa shape index (κ3) is 5.26. The van der Waals surface area contributed by atoms with Gasteiger partial charge in [-0.3, -0.25) is 9.59 Å². The Labute approximate surface area is 179 Å². The molecule has 0 saturated carbocycles. The van der Waals surface area contributed by atoms with Crippen molar-refractivity contribution in [2.45, 2.75) is 31.6 Å². The van der Waals surface area contributed by atoms with Crippen molar-refractivity contribution in [3.05, 3.63) is 53.6 Å². The number of carbonyl (C=O) groups is 2. The first kappa shape index (κ1) is 22.8. The van der Waals surface area contributed by atoms with Crippen molar-refractivity contribution < 1.29 is 26.8 Å². The van der Waals surface area contributed by atoms with E-state index in [9.17, 15) is 26.8 Å². The number of anilines is 2. The summed E-state index contributed by atoms with van der Waals surface area (Å²) in [5.41, 5.74) is 1.91. The summed E-state index contributed by atoms with van der Waals surface area (Å²) in [6.07, 6.45) is 0.485. The summed E-state index contributed by atoms with van der Waals surface area (Å²) in [5.74, 6) is -2.80. The molecule has 1 fully saturated rings. The van der Waals surface area contributed by atoms with Crippen LogP contribution in [-0.2, 0) is 19.6 Å². The van der Waals surface area contributed by atoms with Crippen LogP contribution in [0.3, 0.4) is 0 Å². The van der Waals surface area contributed by atoms with Crippen LogP contribution < -0.4 is 10.6 Å². The molecule has 7 nitrogen and oxygen atoms in total. The lowest BCUT2D eigenvalue weighted by atomic mass is 9.97. The van der Waals surface area contributed by atoms with E-state index in [0.717, 1.165) is 22.0 Å². The minimum Gasteiger partial charge on any atom is -0.326 e. The van der Waals surface area contributed by atoms with Crippen molar-refractivity contribution >= 4 is 33.2 Å². The molecule has 0 atom stereocenters. The molecular formula is C21H23F2N3O4S. The Bertz CT molecular complexity index is 1110. The number of benzene rings is 2. The summed E-state index contributed by atoms with van der Waals surface area (Å²) < 4.78 is 53.8. The molecule has 2 N–H and O–H groups in total. The number of aryl methyl sites for hydroxylation is 1. The van der Waals surface area contributed by atoms with E-state index in [-0.39, 0.29) is 37.7 Å². The van der Waals surface area contributed by atoms with Gasteiger partial charge in [0.05, 0.1) is 0 Å². The van der Waals surface area contributed by atoms with Crippen molar-refractivity contribution in [1.29, 1.82) is 0 Å². The van der Waals surface area contributed by atoms with Gasteiger partial charge >= 0.3 is 0 Å². The van der Waals surface area contributed by atoms with E-state index < -0.39 is 32.5 Å². The lowest BCUT2D eigenvalue weighted by Crippen LogP contribution is -2.41. The lowest BCUT2D eigenvalue weighted by Gasteiger charge is -2.30. The molecular weight excluding hydrogens is 428 g/mol. The average molecular weight is 451 g/mol. The van der Waals surface area contributed by atoms with Gasteiger partial charge in [0.15, 0.2) is 0 Å². The van der Waals surface area contributed by atoms with Crippen molar-refractivity contribution in [3.8, 4) is 0 Å². The second-order valence-electron chi connectivity index (χ2n) is 7.45. The number of amides is 2. The monoisotopic (exact) mass is 451 g/mol. The van der Waals surface area contributed by atoms with E-state index in [1.807, 2.05) is 6.92 Å². The fourth-order valence-electron chi connectivity index (χ4n) is 3.44. The number of sulfonamides is 1. The third-order valence-corrected chi connectivity index (χ3v) is 7.07. The second-order valence-corrected chi connectivity index (χ2v) is 9.36. The van der Waals surface area contributed by atoms with E-state index in [1.165, 1.54) is 6.92 Å². The Kier molecular flexibility index (Phi) is 6.71. The summed E-state index contributed by atoms with van der Waals surface area (Å²) in [6, 6.07) is 7.44. The predicted octanol–water partition coefficient (Wildman–Crippen LogP) is 3.27. The number of hydrogen-bond donors (Lipinski definition) is 2. The Morgan fingerprint density at radius 1 is 1.03 bits per heavy atom. The highest BCUT2D eigenvalue weighted by molar-refractivity contribution is 7.89. The molecule has 10 heteroatoms. The van der Waals surface area contributed by atoms with E-state index in [2.05, 4.69) is 10.6 Å². The highest BCUT2D eigenvalue weighted by Gasteiger charge is 2.34. The first-order valence-corrected chi connectivity index (χ1v) is 11.2. The largest absolute Gasteiger partial charge is 0.326 e. The standard InChI is InChI=1S/C21H23F2N3O4S/c1-13-3-5-17(24-14(2)27)12-19(13)25-21(28)15-7-9-26(10-8-15)31(29,30)20-11-16(22)4-6-18(20)23/h3-6,11-12,15H,7-10H2,1-2H3,(H,24,27)(H,25,28). The number of piperidine rings is 1. The molecule has 1 aliphatic rings. The highest BCUT2D eigenvalue weighted by atomic mass is 32.2. The zero-order valence-electron chi connectivity index (χ0n) is 17.1. The Morgan fingerprint density at radius 3 is 2.35 bits per heavy atom. The molecule has 0 aromatic heterocycles. The van der Waals surface area contributed by atoms with Crippen LogP contribution in [0.4, 0.5) is 20.2 Å². The summed E-state index contributed by atoms with van der Waals surface area (Å²) >= 11 is 0. The smallest absolute Gasteiger partial charge is 0.246 e. The first-order valence-electron chi connectivity index (χ1n) is 9.72. The molecule has 0 bridgehead atoms. The summed E-state index contributed by atoms with van der Waals surface area (Å²) in [4.78, 5) is 23.2. The van der Waals surface area contributed by atoms with Crippen LogP contribution in [-0.4, -0.2) is 37.6 Å². The molecule has 1 saturated heterocycles. The lowest BCUT2D eigenvalue weighted by molar-refractivity contribution is -0.121. The Morgan fingerprint density at radius 2 is 1.71 bits per heavy atom. The molecule has 2 aromatic rings. The molecule has 0 aliphatic carbocycles. The van der Waals surface area contributed by atoms with Gasteiger partial charge in [-0.25, -0.2) is 17.2 Å². The van der Waals surface area contributed by atoms with Gasteiger partial charge in [0.25, 0.3) is 0 Å². The van der Waals surface area contributed by atoms with Gasteiger partial charge in [-0.05, 0) is 55.7 Å². The van der Waals surface area contributed by atoms with Crippen molar-refractivity contribution in [2.24, 2.45) is 5.92 Å². The van der Waals surface area contributed by atoms with Gasteiger partial charge in [-0.15, -0.1) is 0 Å². The summed E-state index contributed by atoms with van der Waals surface area (Å²) in [5, 5.41) is 5.48. The number of nitrogens with zero attached hydrogens (tertiary/aromatic N) is 1.